The molecular formula is C12H12F5NO2S. The van der Waals surface area contributed by atoms with Crippen molar-refractivity contribution < 1.29 is 31.5 Å². The summed E-state index contributed by atoms with van der Waals surface area (Å²) in [6.07, 6.45) is -4.73. The molecule has 1 rings (SSSR count). The van der Waals surface area contributed by atoms with Gasteiger partial charge >= 0.3 is 12.1 Å². The summed E-state index contributed by atoms with van der Waals surface area (Å²) < 4.78 is 65.4. The lowest BCUT2D eigenvalue weighted by atomic mass is 10.3. The van der Waals surface area contributed by atoms with Crippen LogP contribution in [0.25, 0.3) is 0 Å². The molecule has 0 aliphatic carbocycles. The molecular weight excluding hydrogens is 317 g/mol. The van der Waals surface area contributed by atoms with E-state index in [9.17, 15) is 26.7 Å². The molecule has 21 heavy (non-hydrogen) atoms. The first-order valence-corrected chi connectivity index (χ1v) is 6.97. The Hall–Kier alpha value is -1.38. The van der Waals surface area contributed by atoms with Gasteiger partial charge in [0.2, 0.25) is 0 Å². The summed E-state index contributed by atoms with van der Waals surface area (Å²) in [4.78, 5) is 15.3. The molecule has 1 heterocycles. The van der Waals surface area contributed by atoms with Gasteiger partial charge in [-0.15, -0.1) is 0 Å². The minimum Gasteiger partial charge on any atom is -0.485 e. The van der Waals surface area contributed by atoms with E-state index in [0.29, 0.717) is 0 Å². The Morgan fingerprint density at radius 1 is 1.29 bits per heavy atom. The quantitative estimate of drug-likeness (QED) is 0.566. The third-order valence-corrected chi connectivity index (χ3v) is 3.17. The van der Waals surface area contributed by atoms with Crippen molar-refractivity contribution in [1.29, 1.82) is 0 Å². The number of ether oxygens (including phenoxy) is 1. The number of halogens is 5. The van der Waals surface area contributed by atoms with Crippen molar-refractivity contribution in [3.8, 4) is 5.75 Å². The molecule has 0 atom stereocenters. The fourth-order valence-electron chi connectivity index (χ4n) is 1.16. The zero-order valence-electron chi connectivity index (χ0n) is 10.9. The van der Waals surface area contributed by atoms with Crippen molar-refractivity contribution in [3.05, 3.63) is 24.0 Å². The van der Waals surface area contributed by atoms with Crippen LogP contribution in [-0.4, -0.2) is 41.0 Å². The molecule has 1 aromatic heterocycles. The van der Waals surface area contributed by atoms with Crippen molar-refractivity contribution in [2.75, 3.05) is 18.1 Å². The molecule has 0 bridgehead atoms. The first-order chi connectivity index (χ1) is 9.67. The summed E-state index contributed by atoms with van der Waals surface area (Å²) in [5.41, 5.74) is 0.103. The molecule has 0 N–H and O–H groups in total. The number of pyridine rings is 1. The Kier molecular flexibility index (Phi) is 5.94. The topological polar surface area (TPSA) is 39.2 Å². The molecule has 0 saturated heterocycles. The summed E-state index contributed by atoms with van der Waals surface area (Å²) in [5.74, 6) is -4.50. The second kappa shape index (κ2) is 7.06. The van der Waals surface area contributed by atoms with E-state index >= 15 is 0 Å². The number of ketones is 1. The van der Waals surface area contributed by atoms with Gasteiger partial charge in [-0.25, -0.2) is 4.98 Å². The number of Topliss-reactive ketones (excluding diaryl/α,β-unsaturated/α-hetero) is 1. The highest BCUT2D eigenvalue weighted by molar-refractivity contribution is 7.99. The first kappa shape index (κ1) is 17.7. The molecule has 0 aliphatic heterocycles. The normalized spacial score (nSPS) is 12.3. The molecule has 0 unspecified atom stereocenters. The molecule has 0 fully saturated rings. The molecule has 3 nitrogen and oxygen atoms in total. The molecule has 1 aromatic rings. The van der Waals surface area contributed by atoms with Gasteiger partial charge in [0.15, 0.2) is 12.4 Å². The van der Waals surface area contributed by atoms with Crippen molar-refractivity contribution in [3.63, 3.8) is 0 Å². The number of carbonyl (C=O) groups excluding carboxylic acids is 1. The van der Waals surface area contributed by atoms with Crippen LogP contribution >= 0.6 is 11.8 Å². The average molecular weight is 329 g/mol. The van der Waals surface area contributed by atoms with E-state index in [4.69, 9.17) is 0 Å². The fourth-order valence-corrected chi connectivity index (χ4v) is 1.69. The number of rotatable bonds is 7. The van der Waals surface area contributed by atoms with Crippen molar-refractivity contribution in [2.24, 2.45) is 0 Å². The SMILES string of the molecule is CCSCC(=O)c1ccc(OCC(F)(F)C(F)(F)F)cn1. The molecule has 0 amide bonds. The van der Waals surface area contributed by atoms with Gasteiger partial charge in [-0.3, -0.25) is 4.79 Å². The van der Waals surface area contributed by atoms with Crippen LogP contribution in [0.3, 0.4) is 0 Å². The van der Waals surface area contributed by atoms with Crippen LogP contribution in [0.15, 0.2) is 18.3 Å². The standard InChI is InChI=1S/C12H12F5NO2S/c1-2-21-6-10(19)9-4-3-8(5-18-9)20-7-11(13,14)12(15,16)17/h3-5H,2,6-7H2,1H3. The molecule has 0 spiro atoms. The summed E-state index contributed by atoms with van der Waals surface area (Å²) in [5, 5.41) is 0. The Balaban J connectivity index is 2.61. The molecule has 9 heteroatoms. The number of nitrogens with zero attached hydrogens (tertiary/aromatic N) is 1. The molecule has 0 aliphatic rings. The highest BCUT2D eigenvalue weighted by Crippen LogP contribution is 2.35. The smallest absolute Gasteiger partial charge is 0.456 e. The summed E-state index contributed by atoms with van der Waals surface area (Å²) in [6, 6.07) is 2.35. The van der Waals surface area contributed by atoms with Gasteiger partial charge in [-0.2, -0.15) is 33.7 Å². The van der Waals surface area contributed by atoms with E-state index in [1.54, 1.807) is 0 Å². The van der Waals surface area contributed by atoms with Gasteiger partial charge in [0.05, 0.1) is 11.9 Å². The van der Waals surface area contributed by atoms with Crippen LogP contribution in [0.1, 0.15) is 17.4 Å². The highest BCUT2D eigenvalue weighted by Gasteiger charge is 2.58. The van der Waals surface area contributed by atoms with Crippen LogP contribution in [-0.2, 0) is 0 Å². The van der Waals surface area contributed by atoms with Gasteiger partial charge < -0.3 is 4.74 Å². The predicted octanol–water partition coefficient (Wildman–Crippen LogP) is 3.59. The molecule has 0 saturated carbocycles. The summed E-state index contributed by atoms with van der Waals surface area (Å²) >= 11 is 1.39. The fraction of sp³-hybridized carbons (Fsp3) is 0.500. The van der Waals surface area contributed by atoms with E-state index in [2.05, 4.69) is 9.72 Å². The lowest BCUT2D eigenvalue weighted by Gasteiger charge is -2.19. The second-order valence-corrected chi connectivity index (χ2v) is 5.20. The van der Waals surface area contributed by atoms with Crippen LogP contribution in [0, 0.1) is 0 Å². The monoisotopic (exact) mass is 329 g/mol. The maximum Gasteiger partial charge on any atom is 0.456 e. The molecule has 0 aromatic carbocycles. The Bertz CT molecular complexity index is 476. The largest absolute Gasteiger partial charge is 0.485 e. The van der Waals surface area contributed by atoms with Crippen molar-refractivity contribution in [1.82, 2.24) is 4.98 Å². The van der Waals surface area contributed by atoms with Crippen LogP contribution in [0.2, 0.25) is 0 Å². The number of thioether (sulfide) groups is 1. The van der Waals surface area contributed by atoms with Gasteiger partial charge in [-0.05, 0) is 17.9 Å². The zero-order chi connectivity index (χ0) is 16.1. The first-order valence-electron chi connectivity index (χ1n) is 5.81. The van der Waals surface area contributed by atoms with E-state index in [1.165, 1.54) is 17.8 Å². The van der Waals surface area contributed by atoms with Crippen molar-refractivity contribution >= 4 is 17.5 Å². The third-order valence-electron chi connectivity index (χ3n) is 2.29. The van der Waals surface area contributed by atoms with Gasteiger partial charge in [0.25, 0.3) is 0 Å². The van der Waals surface area contributed by atoms with Crippen LogP contribution < -0.4 is 4.74 Å². The number of aromatic nitrogens is 1. The molecule has 0 radical (unpaired) electrons. The Morgan fingerprint density at radius 3 is 2.43 bits per heavy atom. The zero-order valence-corrected chi connectivity index (χ0v) is 11.7. The Morgan fingerprint density at radius 2 is 1.95 bits per heavy atom. The minimum atomic E-state index is -5.67. The lowest BCUT2D eigenvalue weighted by Crippen LogP contribution is -2.41. The second-order valence-electron chi connectivity index (χ2n) is 3.93. The third kappa shape index (κ3) is 5.14. The number of alkyl halides is 5. The van der Waals surface area contributed by atoms with E-state index < -0.39 is 18.7 Å². The van der Waals surface area contributed by atoms with Gasteiger partial charge in [0.1, 0.15) is 11.4 Å². The number of hydrogen-bond donors (Lipinski definition) is 0. The van der Waals surface area contributed by atoms with E-state index in [-0.39, 0.29) is 23.0 Å². The maximum absolute atomic E-state index is 12.6. The van der Waals surface area contributed by atoms with Gasteiger partial charge in [-0.1, -0.05) is 6.92 Å². The average Bonchev–Trinajstić information content (AvgIpc) is 2.42. The van der Waals surface area contributed by atoms with E-state index in [1.807, 2.05) is 6.92 Å². The van der Waals surface area contributed by atoms with Gasteiger partial charge in [0, 0.05) is 0 Å². The van der Waals surface area contributed by atoms with Crippen LogP contribution in [0.5, 0.6) is 5.75 Å². The van der Waals surface area contributed by atoms with Crippen molar-refractivity contribution in [2.45, 2.75) is 19.0 Å². The summed E-state index contributed by atoms with van der Waals surface area (Å²) in [7, 11) is 0. The minimum absolute atomic E-state index is 0.103. The highest BCUT2D eigenvalue weighted by atomic mass is 32.2. The number of hydrogen-bond acceptors (Lipinski definition) is 4. The maximum atomic E-state index is 12.6. The number of carbonyl (C=O) groups is 1. The van der Waals surface area contributed by atoms with Crippen LogP contribution in [0.4, 0.5) is 22.0 Å². The molecule has 118 valence electrons. The van der Waals surface area contributed by atoms with E-state index in [0.717, 1.165) is 18.0 Å². The Labute approximate surface area is 121 Å². The predicted molar refractivity (Wildman–Crippen MR) is 68.1 cm³/mol. The summed E-state index contributed by atoms with van der Waals surface area (Å²) in [6.45, 7) is 0.0420. The lowest BCUT2D eigenvalue weighted by molar-refractivity contribution is -0.290.